The predicted molar refractivity (Wildman–Crippen MR) is 24.7 cm³/mol. The normalized spacial score (nSPS) is 9.14. The smallest absolute Gasteiger partial charge is 0.254 e. The van der Waals surface area contributed by atoms with Crippen molar-refractivity contribution in [2.45, 2.75) is 0 Å². The number of anilines is 1. The Labute approximate surface area is 40.0 Å². The highest BCUT2D eigenvalue weighted by atomic mass is 16.3. The molecule has 38 valence electrons. The molecule has 1 heterocycles. The maximum atomic E-state index is 8.49. The molecule has 7 heavy (non-hydrogen) atoms. The maximum Gasteiger partial charge on any atom is 0.254 e. The van der Waals surface area contributed by atoms with Crippen molar-refractivity contribution < 1.29 is 5.11 Å². The van der Waals surface area contributed by atoms with Gasteiger partial charge in [0.05, 0.1) is 6.33 Å². The van der Waals surface area contributed by atoms with E-state index in [-0.39, 0.29) is 11.7 Å². The lowest BCUT2D eigenvalue weighted by Crippen LogP contribution is -1.81. The van der Waals surface area contributed by atoms with Gasteiger partial charge in [-0.05, 0) is 0 Å². The lowest BCUT2D eigenvalue weighted by Gasteiger charge is -1.79. The molecule has 0 aliphatic rings. The van der Waals surface area contributed by atoms with Gasteiger partial charge in [0.25, 0.3) is 5.88 Å². The fourth-order valence-electron chi connectivity index (χ4n) is 0.297. The zero-order valence-corrected chi connectivity index (χ0v) is 3.55. The Hall–Kier alpha value is -1.19. The molecular formula is C3H5N3O. The third-order valence-electron chi connectivity index (χ3n) is 0.648. The zero-order valence-electron chi connectivity index (χ0n) is 3.55. The highest BCUT2D eigenvalue weighted by Gasteiger charge is 1.92. The zero-order chi connectivity index (χ0) is 5.28. The first-order valence-electron chi connectivity index (χ1n) is 1.78. The van der Waals surface area contributed by atoms with E-state index in [2.05, 4.69) is 9.97 Å². The van der Waals surface area contributed by atoms with Gasteiger partial charge in [0, 0.05) is 0 Å². The van der Waals surface area contributed by atoms with Gasteiger partial charge in [0.2, 0.25) is 0 Å². The van der Waals surface area contributed by atoms with Crippen LogP contribution in [0.25, 0.3) is 0 Å². The molecule has 0 bridgehead atoms. The van der Waals surface area contributed by atoms with Crippen LogP contribution in [0.15, 0.2) is 6.33 Å². The van der Waals surface area contributed by atoms with E-state index in [4.69, 9.17) is 10.8 Å². The first-order valence-corrected chi connectivity index (χ1v) is 1.78. The summed E-state index contributed by atoms with van der Waals surface area (Å²) in [4.78, 5) is 5.88. The Bertz CT molecular complexity index is 142. The number of nitrogens with one attached hydrogen (secondary N) is 1. The second-order valence-corrected chi connectivity index (χ2v) is 1.14. The number of nitrogens with zero attached hydrogens (tertiary/aromatic N) is 1. The van der Waals surface area contributed by atoms with Crippen LogP contribution in [0.3, 0.4) is 0 Å². The average molecular weight is 99.1 g/mol. The van der Waals surface area contributed by atoms with E-state index in [1.54, 1.807) is 0 Å². The summed E-state index contributed by atoms with van der Waals surface area (Å²) >= 11 is 0. The van der Waals surface area contributed by atoms with Crippen molar-refractivity contribution in [1.82, 2.24) is 9.97 Å². The number of aromatic hydroxyl groups is 1. The molecule has 0 radical (unpaired) electrons. The standard InChI is InChI=1S/C3H5N3O/c4-2-3(7)6-1-5-2/h1,7H,4H2,(H,5,6). The number of aromatic amines is 1. The van der Waals surface area contributed by atoms with Crippen LogP contribution in [0.1, 0.15) is 0 Å². The molecule has 0 aromatic carbocycles. The SMILES string of the molecule is Nc1[nH]cnc1O. The number of nitrogen functional groups attached to an aromatic ring is 1. The highest BCUT2D eigenvalue weighted by Crippen LogP contribution is 2.09. The Kier molecular flexibility index (Phi) is 0.651. The van der Waals surface area contributed by atoms with Crippen molar-refractivity contribution in [3.63, 3.8) is 0 Å². The molecule has 0 fully saturated rings. The van der Waals surface area contributed by atoms with Crippen LogP contribution in [-0.4, -0.2) is 15.1 Å². The van der Waals surface area contributed by atoms with Crippen molar-refractivity contribution in [2.75, 3.05) is 5.73 Å². The molecule has 0 aliphatic heterocycles. The van der Waals surface area contributed by atoms with Crippen LogP contribution < -0.4 is 5.73 Å². The number of hydrogen-bond donors (Lipinski definition) is 3. The monoisotopic (exact) mass is 99.0 g/mol. The molecule has 0 spiro atoms. The number of hydrogen-bond acceptors (Lipinski definition) is 3. The molecule has 1 rings (SSSR count). The quantitative estimate of drug-likeness (QED) is 0.418. The summed E-state index contributed by atoms with van der Waals surface area (Å²) in [5, 5.41) is 8.49. The van der Waals surface area contributed by atoms with Crippen LogP contribution in [0.4, 0.5) is 5.82 Å². The van der Waals surface area contributed by atoms with E-state index in [0.29, 0.717) is 0 Å². The second kappa shape index (κ2) is 1.14. The Balaban J connectivity index is 3.12. The van der Waals surface area contributed by atoms with Crippen LogP contribution in [0.5, 0.6) is 5.88 Å². The molecule has 4 heteroatoms. The van der Waals surface area contributed by atoms with E-state index >= 15 is 0 Å². The summed E-state index contributed by atoms with van der Waals surface area (Å²) in [6.45, 7) is 0. The maximum absolute atomic E-state index is 8.49. The number of rotatable bonds is 0. The van der Waals surface area contributed by atoms with Crippen LogP contribution in [0, 0.1) is 0 Å². The molecule has 0 aliphatic carbocycles. The minimum Gasteiger partial charge on any atom is -0.491 e. The second-order valence-electron chi connectivity index (χ2n) is 1.14. The Morgan fingerprint density at radius 1 is 1.86 bits per heavy atom. The van der Waals surface area contributed by atoms with Crippen LogP contribution in [-0.2, 0) is 0 Å². The number of H-pyrrole nitrogens is 1. The average Bonchev–Trinajstić information content (AvgIpc) is 1.91. The number of aromatic nitrogens is 2. The van der Waals surface area contributed by atoms with Gasteiger partial charge in [0.15, 0.2) is 5.82 Å². The molecule has 1 aromatic heterocycles. The van der Waals surface area contributed by atoms with Crippen molar-refractivity contribution >= 4 is 5.82 Å². The summed E-state index contributed by atoms with van der Waals surface area (Å²) in [6.07, 6.45) is 1.32. The van der Waals surface area contributed by atoms with E-state index in [0.717, 1.165) is 0 Å². The summed E-state index contributed by atoms with van der Waals surface area (Å²) in [6, 6.07) is 0. The van der Waals surface area contributed by atoms with E-state index < -0.39 is 0 Å². The van der Waals surface area contributed by atoms with Gasteiger partial charge in [-0.15, -0.1) is 0 Å². The van der Waals surface area contributed by atoms with Gasteiger partial charge in [0.1, 0.15) is 0 Å². The minimum atomic E-state index is -0.139. The first-order chi connectivity index (χ1) is 3.30. The Morgan fingerprint density at radius 3 is 2.71 bits per heavy atom. The predicted octanol–water partition coefficient (Wildman–Crippen LogP) is -0.303. The third kappa shape index (κ3) is 0.489. The van der Waals surface area contributed by atoms with Gasteiger partial charge < -0.3 is 15.8 Å². The van der Waals surface area contributed by atoms with E-state index in [1.807, 2.05) is 0 Å². The summed E-state index contributed by atoms with van der Waals surface area (Å²) in [7, 11) is 0. The van der Waals surface area contributed by atoms with Gasteiger partial charge in [-0.25, -0.2) is 4.98 Å². The first kappa shape index (κ1) is 3.98. The van der Waals surface area contributed by atoms with Crippen molar-refractivity contribution in [3.05, 3.63) is 6.33 Å². The van der Waals surface area contributed by atoms with Gasteiger partial charge in [-0.1, -0.05) is 0 Å². The fraction of sp³-hybridized carbons (Fsp3) is 0. The van der Waals surface area contributed by atoms with Gasteiger partial charge >= 0.3 is 0 Å². The van der Waals surface area contributed by atoms with Crippen LogP contribution in [0.2, 0.25) is 0 Å². The van der Waals surface area contributed by atoms with E-state index in [1.165, 1.54) is 6.33 Å². The third-order valence-corrected chi connectivity index (χ3v) is 0.648. The molecule has 0 amide bonds. The topological polar surface area (TPSA) is 74.9 Å². The fourth-order valence-corrected chi connectivity index (χ4v) is 0.297. The molecule has 0 atom stereocenters. The molecular weight excluding hydrogens is 94.1 g/mol. The number of nitrogens with two attached hydrogens (primary N) is 1. The van der Waals surface area contributed by atoms with Crippen molar-refractivity contribution in [3.8, 4) is 5.88 Å². The molecule has 4 N–H and O–H groups in total. The Morgan fingerprint density at radius 2 is 2.57 bits per heavy atom. The highest BCUT2D eigenvalue weighted by molar-refractivity contribution is 5.37. The lowest BCUT2D eigenvalue weighted by atomic mass is 10.7. The van der Waals surface area contributed by atoms with Crippen LogP contribution >= 0.6 is 0 Å². The molecule has 0 unspecified atom stereocenters. The molecule has 0 saturated heterocycles. The summed E-state index contributed by atoms with van der Waals surface area (Å²) in [5.74, 6) is 0.0694. The minimum absolute atomic E-state index is 0.139. The molecule has 0 saturated carbocycles. The summed E-state index contributed by atoms with van der Waals surface area (Å²) in [5.41, 5.74) is 5.07. The summed E-state index contributed by atoms with van der Waals surface area (Å²) < 4.78 is 0. The van der Waals surface area contributed by atoms with Crippen molar-refractivity contribution in [1.29, 1.82) is 0 Å². The van der Waals surface area contributed by atoms with Gasteiger partial charge in [-0.2, -0.15) is 0 Å². The number of imidazole rings is 1. The van der Waals surface area contributed by atoms with Gasteiger partial charge in [-0.3, -0.25) is 0 Å². The largest absolute Gasteiger partial charge is 0.491 e. The molecule has 4 nitrogen and oxygen atoms in total. The van der Waals surface area contributed by atoms with E-state index in [9.17, 15) is 0 Å². The molecule has 1 aromatic rings. The lowest BCUT2D eigenvalue weighted by molar-refractivity contribution is 0.459. The van der Waals surface area contributed by atoms with Crippen molar-refractivity contribution in [2.24, 2.45) is 0 Å².